The molecule has 0 amide bonds. The van der Waals surface area contributed by atoms with Gasteiger partial charge in [0.25, 0.3) is 0 Å². The molecule has 0 aromatic carbocycles. The first-order valence-electron chi connectivity index (χ1n) is 5.36. The Kier molecular flexibility index (Phi) is 1.16. The minimum Gasteiger partial charge on any atom is -0.325 e. The van der Waals surface area contributed by atoms with Gasteiger partial charge in [0, 0.05) is 5.54 Å². The lowest BCUT2D eigenvalue weighted by Gasteiger charge is -2.60. The normalized spacial score (nSPS) is 62.5. The van der Waals surface area contributed by atoms with Gasteiger partial charge in [-0.05, 0) is 55.8 Å². The van der Waals surface area contributed by atoms with E-state index in [0.29, 0.717) is 5.41 Å². The summed E-state index contributed by atoms with van der Waals surface area (Å²) in [6, 6.07) is 0. The zero-order chi connectivity index (χ0) is 8.40. The smallest absolute Gasteiger partial charge is 0.0164 e. The molecule has 0 saturated heterocycles. The predicted molar refractivity (Wildman–Crippen MR) is 49.7 cm³/mol. The van der Waals surface area contributed by atoms with Gasteiger partial charge in [-0.1, -0.05) is 6.92 Å². The molecule has 1 nitrogen and oxygen atoms in total. The van der Waals surface area contributed by atoms with Crippen LogP contribution in [0.4, 0.5) is 0 Å². The molecule has 4 bridgehead atoms. The van der Waals surface area contributed by atoms with Crippen LogP contribution in [0.15, 0.2) is 0 Å². The maximum absolute atomic E-state index is 6.41. The average molecular weight is 165 g/mol. The van der Waals surface area contributed by atoms with E-state index in [1.54, 1.807) is 0 Å². The van der Waals surface area contributed by atoms with Crippen LogP contribution in [0.1, 0.15) is 45.4 Å². The third-order valence-electron chi connectivity index (χ3n) is 4.40. The molecule has 68 valence electrons. The van der Waals surface area contributed by atoms with Gasteiger partial charge in [0.05, 0.1) is 0 Å². The Labute approximate surface area is 74.7 Å². The molecular formula is C11H19N. The van der Waals surface area contributed by atoms with Crippen LogP contribution >= 0.6 is 0 Å². The largest absolute Gasteiger partial charge is 0.325 e. The van der Waals surface area contributed by atoms with Crippen molar-refractivity contribution in [2.75, 3.05) is 0 Å². The van der Waals surface area contributed by atoms with E-state index in [-0.39, 0.29) is 5.54 Å². The summed E-state index contributed by atoms with van der Waals surface area (Å²) in [5.41, 5.74) is 7.31. The number of hydrogen-bond donors (Lipinski definition) is 1. The molecule has 1 heteroatoms. The number of nitrogens with two attached hydrogens (primary N) is 1. The fraction of sp³-hybridized carbons (Fsp3) is 1.00. The Hall–Kier alpha value is -0.0400. The van der Waals surface area contributed by atoms with Crippen molar-refractivity contribution in [2.45, 2.75) is 51.0 Å². The molecule has 4 rings (SSSR count). The topological polar surface area (TPSA) is 26.0 Å². The molecule has 0 spiro atoms. The summed E-state index contributed by atoms with van der Waals surface area (Å²) in [5, 5.41) is 0. The molecule has 0 aliphatic heterocycles. The second-order valence-electron chi connectivity index (χ2n) is 6.13. The zero-order valence-electron chi connectivity index (χ0n) is 7.97. The van der Waals surface area contributed by atoms with Crippen molar-refractivity contribution >= 4 is 0 Å². The zero-order valence-corrected chi connectivity index (χ0v) is 7.97. The van der Waals surface area contributed by atoms with Crippen LogP contribution in [-0.2, 0) is 0 Å². The molecule has 2 N–H and O–H groups in total. The van der Waals surface area contributed by atoms with E-state index in [0.717, 1.165) is 11.8 Å². The summed E-state index contributed by atoms with van der Waals surface area (Å²) in [7, 11) is 0. The van der Waals surface area contributed by atoms with Crippen molar-refractivity contribution in [2.24, 2.45) is 23.0 Å². The van der Waals surface area contributed by atoms with Gasteiger partial charge in [-0.2, -0.15) is 0 Å². The third-order valence-corrected chi connectivity index (χ3v) is 4.40. The van der Waals surface area contributed by atoms with Gasteiger partial charge < -0.3 is 5.73 Å². The molecule has 0 aromatic rings. The quantitative estimate of drug-likeness (QED) is 0.585. The molecule has 4 aliphatic carbocycles. The van der Waals surface area contributed by atoms with E-state index in [1.807, 2.05) is 0 Å². The minimum atomic E-state index is 0.263. The van der Waals surface area contributed by atoms with Crippen molar-refractivity contribution < 1.29 is 0 Å². The van der Waals surface area contributed by atoms with Crippen LogP contribution in [-0.4, -0.2) is 5.54 Å². The van der Waals surface area contributed by atoms with Gasteiger partial charge in [-0.25, -0.2) is 0 Å². The standard InChI is InChI=1S/C11H19N/c1-10-3-8-2-9(4-10)6-11(12,5-8)7-10/h8-9H,2-7,12H2,1H3/t8-,9-,10?,11?/m0/s1. The molecule has 2 atom stereocenters. The SMILES string of the molecule is CC12C[C@@H]3C[C@@H](C1)CC(N)(C3)C2. The van der Waals surface area contributed by atoms with E-state index < -0.39 is 0 Å². The van der Waals surface area contributed by atoms with Crippen molar-refractivity contribution in [3.05, 3.63) is 0 Å². The van der Waals surface area contributed by atoms with Crippen LogP contribution in [0.25, 0.3) is 0 Å². The van der Waals surface area contributed by atoms with Crippen LogP contribution in [0, 0.1) is 17.3 Å². The Morgan fingerprint density at radius 1 is 1.08 bits per heavy atom. The molecular weight excluding hydrogens is 146 g/mol. The van der Waals surface area contributed by atoms with E-state index >= 15 is 0 Å². The Bertz CT molecular complexity index is 187. The second-order valence-corrected chi connectivity index (χ2v) is 6.13. The fourth-order valence-corrected chi connectivity index (χ4v) is 4.80. The van der Waals surface area contributed by atoms with E-state index in [4.69, 9.17) is 5.73 Å². The van der Waals surface area contributed by atoms with Crippen molar-refractivity contribution in [1.29, 1.82) is 0 Å². The van der Waals surface area contributed by atoms with Gasteiger partial charge in [-0.15, -0.1) is 0 Å². The van der Waals surface area contributed by atoms with E-state index in [2.05, 4.69) is 6.92 Å². The summed E-state index contributed by atoms with van der Waals surface area (Å²) >= 11 is 0. The summed E-state index contributed by atoms with van der Waals surface area (Å²) in [4.78, 5) is 0. The molecule has 4 fully saturated rings. The van der Waals surface area contributed by atoms with Gasteiger partial charge in [0.15, 0.2) is 0 Å². The molecule has 4 aliphatic rings. The molecule has 0 heterocycles. The van der Waals surface area contributed by atoms with Crippen LogP contribution < -0.4 is 5.73 Å². The first-order chi connectivity index (χ1) is 5.57. The highest BCUT2D eigenvalue weighted by Gasteiger charge is 2.53. The van der Waals surface area contributed by atoms with E-state index in [1.165, 1.54) is 38.5 Å². The summed E-state index contributed by atoms with van der Waals surface area (Å²) in [5.74, 6) is 1.97. The Morgan fingerprint density at radius 3 is 2.08 bits per heavy atom. The molecule has 4 saturated carbocycles. The van der Waals surface area contributed by atoms with Gasteiger partial charge in [0.1, 0.15) is 0 Å². The fourth-order valence-electron chi connectivity index (χ4n) is 4.80. The Morgan fingerprint density at radius 2 is 1.67 bits per heavy atom. The lowest BCUT2D eigenvalue weighted by Crippen LogP contribution is -2.59. The van der Waals surface area contributed by atoms with Crippen molar-refractivity contribution in [3.8, 4) is 0 Å². The monoisotopic (exact) mass is 165 g/mol. The van der Waals surface area contributed by atoms with Crippen LogP contribution in [0.2, 0.25) is 0 Å². The molecule has 0 aromatic heterocycles. The summed E-state index contributed by atoms with van der Waals surface area (Å²) < 4.78 is 0. The molecule has 0 unspecified atom stereocenters. The highest BCUT2D eigenvalue weighted by Crippen LogP contribution is 2.60. The van der Waals surface area contributed by atoms with Gasteiger partial charge in [-0.3, -0.25) is 0 Å². The van der Waals surface area contributed by atoms with Crippen LogP contribution in [0.5, 0.6) is 0 Å². The Balaban J connectivity index is 1.98. The first-order valence-corrected chi connectivity index (χ1v) is 5.36. The van der Waals surface area contributed by atoms with Gasteiger partial charge >= 0.3 is 0 Å². The predicted octanol–water partition coefficient (Wildman–Crippen LogP) is 2.30. The first kappa shape index (κ1) is 7.37. The van der Waals surface area contributed by atoms with Crippen molar-refractivity contribution in [1.82, 2.24) is 0 Å². The minimum absolute atomic E-state index is 0.263. The maximum Gasteiger partial charge on any atom is 0.0164 e. The molecule has 12 heavy (non-hydrogen) atoms. The average Bonchev–Trinajstić information content (AvgIpc) is 1.75. The summed E-state index contributed by atoms with van der Waals surface area (Å²) in [6.07, 6.45) is 8.42. The number of hydrogen-bond acceptors (Lipinski definition) is 1. The lowest BCUT2D eigenvalue weighted by molar-refractivity contribution is -0.0563. The van der Waals surface area contributed by atoms with Crippen LogP contribution in [0.3, 0.4) is 0 Å². The highest BCUT2D eigenvalue weighted by molar-refractivity contribution is 5.08. The summed E-state index contributed by atoms with van der Waals surface area (Å²) in [6.45, 7) is 2.46. The highest BCUT2D eigenvalue weighted by atomic mass is 14.8. The maximum atomic E-state index is 6.41. The van der Waals surface area contributed by atoms with E-state index in [9.17, 15) is 0 Å². The lowest BCUT2D eigenvalue weighted by atomic mass is 9.48. The number of rotatable bonds is 0. The van der Waals surface area contributed by atoms with Gasteiger partial charge in [0.2, 0.25) is 0 Å². The van der Waals surface area contributed by atoms with Crippen molar-refractivity contribution in [3.63, 3.8) is 0 Å². The second kappa shape index (κ2) is 1.89. The molecule has 0 radical (unpaired) electrons. The third kappa shape index (κ3) is 0.891.